The van der Waals surface area contributed by atoms with Crippen molar-refractivity contribution in [2.75, 3.05) is 7.05 Å². The van der Waals surface area contributed by atoms with E-state index in [1.807, 2.05) is 36.5 Å². The minimum Gasteiger partial charge on any atom is -0.361 e. The molecular weight excluding hydrogens is 392 g/mol. The number of hydrogen-bond donors (Lipinski definition) is 4. The summed E-state index contributed by atoms with van der Waals surface area (Å²) >= 11 is 0. The van der Waals surface area contributed by atoms with Crippen molar-refractivity contribution in [3.05, 3.63) is 71.4 Å². The second-order valence-electron chi connectivity index (χ2n) is 7.78. The summed E-state index contributed by atoms with van der Waals surface area (Å²) in [6, 6.07) is 14.2. The van der Waals surface area contributed by atoms with Crippen molar-refractivity contribution in [3.8, 4) is 0 Å². The number of para-hydroxylation sites is 1. The lowest BCUT2D eigenvalue weighted by molar-refractivity contribution is -0.130. The fraction of sp³-hybridized carbons (Fsp3) is 0.292. The first kappa shape index (κ1) is 22.1. The summed E-state index contributed by atoms with van der Waals surface area (Å²) in [5.74, 6) is -0.872. The molecule has 1 atom stereocenters. The van der Waals surface area contributed by atoms with Gasteiger partial charge in [-0.15, -0.1) is 0 Å². The van der Waals surface area contributed by atoms with Gasteiger partial charge in [0, 0.05) is 48.6 Å². The van der Waals surface area contributed by atoms with E-state index in [-0.39, 0.29) is 30.2 Å². The van der Waals surface area contributed by atoms with E-state index in [9.17, 15) is 14.4 Å². The molecule has 7 nitrogen and oxygen atoms in total. The van der Waals surface area contributed by atoms with Gasteiger partial charge in [-0.2, -0.15) is 0 Å². The minimum atomic E-state index is -0.712. The summed E-state index contributed by atoms with van der Waals surface area (Å²) < 4.78 is 0. The Bertz CT molecular complexity index is 1090. The molecule has 162 valence electrons. The van der Waals surface area contributed by atoms with Crippen LogP contribution in [0.2, 0.25) is 0 Å². The molecule has 0 aliphatic heterocycles. The highest BCUT2D eigenvalue weighted by Crippen LogP contribution is 2.19. The van der Waals surface area contributed by atoms with Crippen LogP contribution in [0.3, 0.4) is 0 Å². The summed E-state index contributed by atoms with van der Waals surface area (Å²) in [7, 11) is 1.57. The maximum atomic E-state index is 13.0. The monoisotopic (exact) mass is 420 g/mol. The molecule has 1 aromatic heterocycles. The molecule has 0 spiro atoms. The zero-order valence-electron chi connectivity index (χ0n) is 18.0. The quantitative estimate of drug-likeness (QED) is 0.450. The van der Waals surface area contributed by atoms with Crippen molar-refractivity contribution in [2.24, 2.45) is 5.92 Å². The average Bonchev–Trinajstić information content (AvgIpc) is 3.19. The highest BCUT2D eigenvalue weighted by molar-refractivity contribution is 5.94. The molecule has 3 aromatic rings. The molecular formula is C24H28N4O3. The topological polar surface area (TPSA) is 103 Å². The molecule has 0 radical (unpaired) electrons. The van der Waals surface area contributed by atoms with Gasteiger partial charge in [-0.25, -0.2) is 0 Å². The number of carbonyl (C=O) groups excluding carboxylic acids is 3. The van der Waals surface area contributed by atoms with E-state index in [4.69, 9.17) is 0 Å². The standard InChI is InChI=1S/C24H28N4O3/c1-15(2)22(29)28-21(12-18-14-26-20-10-5-4-9-19(18)20)24(31)27-13-16-7-6-8-17(11-16)23(30)25-3/h4-11,14-15,21,26H,12-13H2,1-3H3,(H,25,30)(H,27,31)(H,28,29). The summed E-state index contributed by atoms with van der Waals surface area (Å²) in [6.45, 7) is 3.84. The van der Waals surface area contributed by atoms with Crippen molar-refractivity contribution >= 4 is 28.6 Å². The predicted molar refractivity (Wildman–Crippen MR) is 120 cm³/mol. The molecule has 2 aromatic carbocycles. The largest absolute Gasteiger partial charge is 0.361 e. The number of H-pyrrole nitrogens is 1. The van der Waals surface area contributed by atoms with Gasteiger partial charge in [0.15, 0.2) is 0 Å². The number of rotatable bonds is 8. The number of nitrogens with one attached hydrogen (secondary N) is 4. The van der Waals surface area contributed by atoms with Crippen LogP contribution < -0.4 is 16.0 Å². The molecule has 1 unspecified atom stereocenters. The van der Waals surface area contributed by atoms with Gasteiger partial charge in [-0.1, -0.05) is 44.2 Å². The Morgan fingerprint density at radius 2 is 1.77 bits per heavy atom. The maximum Gasteiger partial charge on any atom is 0.251 e. The van der Waals surface area contributed by atoms with Crippen LogP contribution in [0, 0.1) is 5.92 Å². The summed E-state index contributed by atoms with van der Waals surface area (Å²) in [6.07, 6.45) is 2.24. The van der Waals surface area contributed by atoms with Crippen LogP contribution in [-0.4, -0.2) is 35.8 Å². The van der Waals surface area contributed by atoms with Crippen molar-refractivity contribution in [2.45, 2.75) is 32.9 Å². The third-order valence-corrected chi connectivity index (χ3v) is 5.14. The van der Waals surface area contributed by atoms with Gasteiger partial charge in [0.25, 0.3) is 5.91 Å². The SMILES string of the molecule is CNC(=O)c1cccc(CNC(=O)C(Cc2c[nH]c3ccccc23)NC(=O)C(C)C)c1. The van der Waals surface area contributed by atoms with Crippen LogP contribution in [0.4, 0.5) is 0 Å². The van der Waals surface area contributed by atoms with Crippen LogP contribution >= 0.6 is 0 Å². The van der Waals surface area contributed by atoms with Gasteiger partial charge in [-0.05, 0) is 29.3 Å². The molecule has 0 bridgehead atoms. The lowest BCUT2D eigenvalue weighted by atomic mass is 10.0. The van der Waals surface area contributed by atoms with E-state index >= 15 is 0 Å². The molecule has 3 rings (SSSR count). The molecule has 0 aliphatic rings. The average molecular weight is 421 g/mol. The van der Waals surface area contributed by atoms with E-state index in [1.54, 1.807) is 39.1 Å². The first-order chi connectivity index (χ1) is 14.9. The van der Waals surface area contributed by atoms with Gasteiger partial charge in [0.05, 0.1) is 0 Å². The van der Waals surface area contributed by atoms with Gasteiger partial charge >= 0.3 is 0 Å². The van der Waals surface area contributed by atoms with Crippen LogP contribution in [0.15, 0.2) is 54.7 Å². The van der Waals surface area contributed by atoms with E-state index in [1.165, 1.54) is 0 Å². The fourth-order valence-electron chi connectivity index (χ4n) is 3.35. The zero-order valence-corrected chi connectivity index (χ0v) is 18.0. The fourth-order valence-corrected chi connectivity index (χ4v) is 3.35. The highest BCUT2D eigenvalue weighted by atomic mass is 16.2. The summed E-state index contributed by atoms with van der Waals surface area (Å²) in [5.41, 5.74) is 3.27. The third kappa shape index (κ3) is 5.51. The number of benzene rings is 2. The van der Waals surface area contributed by atoms with E-state index in [0.717, 1.165) is 22.0 Å². The van der Waals surface area contributed by atoms with Crippen molar-refractivity contribution in [1.82, 2.24) is 20.9 Å². The molecule has 4 N–H and O–H groups in total. The van der Waals surface area contributed by atoms with Gasteiger partial charge in [-0.3, -0.25) is 14.4 Å². The van der Waals surface area contributed by atoms with E-state index in [2.05, 4.69) is 20.9 Å². The van der Waals surface area contributed by atoms with Gasteiger partial charge in [0.2, 0.25) is 11.8 Å². The molecule has 0 aliphatic carbocycles. The lowest BCUT2D eigenvalue weighted by Gasteiger charge is -2.20. The first-order valence-corrected chi connectivity index (χ1v) is 10.3. The number of hydrogen-bond acceptors (Lipinski definition) is 3. The predicted octanol–water partition coefficient (Wildman–Crippen LogP) is 2.53. The van der Waals surface area contributed by atoms with Crippen LogP contribution in [0.25, 0.3) is 10.9 Å². The Labute approximate surface area is 181 Å². The van der Waals surface area contributed by atoms with Crippen LogP contribution in [-0.2, 0) is 22.6 Å². The minimum absolute atomic E-state index is 0.179. The maximum absolute atomic E-state index is 13.0. The number of aromatic nitrogens is 1. The molecule has 0 fully saturated rings. The second-order valence-corrected chi connectivity index (χ2v) is 7.78. The Kier molecular flexibility index (Phi) is 7.07. The van der Waals surface area contributed by atoms with E-state index < -0.39 is 6.04 Å². The first-order valence-electron chi connectivity index (χ1n) is 10.3. The molecule has 31 heavy (non-hydrogen) atoms. The number of carbonyl (C=O) groups is 3. The van der Waals surface area contributed by atoms with Crippen molar-refractivity contribution < 1.29 is 14.4 Å². The number of amides is 3. The van der Waals surface area contributed by atoms with Crippen molar-refractivity contribution in [3.63, 3.8) is 0 Å². The van der Waals surface area contributed by atoms with Crippen molar-refractivity contribution in [1.29, 1.82) is 0 Å². The van der Waals surface area contributed by atoms with Gasteiger partial charge < -0.3 is 20.9 Å². The summed E-state index contributed by atoms with van der Waals surface area (Å²) in [5, 5.41) is 9.37. The van der Waals surface area contributed by atoms with E-state index in [0.29, 0.717) is 12.0 Å². The van der Waals surface area contributed by atoms with Gasteiger partial charge in [0.1, 0.15) is 6.04 Å². The zero-order chi connectivity index (χ0) is 22.4. The molecule has 7 heteroatoms. The molecule has 0 saturated heterocycles. The molecule has 1 heterocycles. The Balaban J connectivity index is 1.75. The Hall–Kier alpha value is -3.61. The lowest BCUT2D eigenvalue weighted by Crippen LogP contribution is -2.48. The number of fused-ring (bicyclic) bond motifs is 1. The third-order valence-electron chi connectivity index (χ3n) is 5.14. The normalized spacial score (nSPS) is 11.9. The Morgan fingerprint density at radius 1 is 1.00 bits per heavy atom. The molecule has 0 saturated carbocycles. The highest BCUT2D eigenvalue weighted by Gasteiger charge is 2.23. The Morgan fingerprint density at radius 3 is 2.52 bits per heavy atom. The summed E-state index contributed by atoms with van der Waals surface area (Å²) in [4.78, 5) is 40.4. The smallest absolute Gasteiger partial charge is 0.251 e. The molecule has 3 amide bonds. The van der Waals surface area contributed by atoms with Crippen LogP contribution in [0.5, 0.6) is 0 Å². The number of aromatic amines is 1. The second kappa shape index (κ2) is 9.93. The van der Waals surface area contributed by atoms with Crippen LogP contribution in [0.1, 0.15) is 35.3 Å².